The lowest BCUT2D eigenvalue weighted by Crippen LogP contribution is -2.00. The Hall–Kier alpha value is -2.48. The van der Waals surface area contributed by atoms with Gasteiger partial charge in [-0.15, -0.1) is 0 Å². The highest BCUT2D eigenvalue weighted by atomic mass is 16.1. The molecule has 2 rings (SSSR count). The van der Waals surface area contributed by atoms with Crippen LogP contribution in [0.4, 0.5) is 0 Å². The first-order valence-electron chi connectivity index (χ1n) is 6.05. The summed E-state index contributed by atoms with van der Waals surface area (Å²) in [7, 11) is 0. The maximum Gasteiger partial charge on any atom is 0.193 e. The van der Waals surface area contributed by atoms with Crippen molar-refractivity contribution in [3.63, 3.8) is 0 Å². The zero-order valence-corrected chi connectivity index (χ0v) is 10.7. The molecule has 0 aliphatic carbocycles. The van der Waals surface area contributed by atoms with E-state index >= 15 is 0 Å². The average molecular weight is 250 g/mol. The fraction of sp³-hybridized carbons (Fsp3) is 0.0588. The van der Waals surface area contributed by atoms with Crippen LogP contribution >= 0.6 is 0 Å². The molecular weight excluding hydrogens is 236 g/mol. The van der Waals surface area contributed by atoms with Crippen LogP contribution < -0.4 is 0 Å². The van der Waals surface area contributed by atoms with Crippen molar-refractivity contribution >= 4 is 17.6 Å². The van der Waals surface area contributed by atoms with Crippen LogP contribution in [0, 0.1) is 0 Å². The standard InChI is InChI=1S/C17H14O2/c1-13(18)7-8-14-9-11-16(12-10-14)17(19)15-5-3-2-4-6-15/h2-12H,1H3/b8-7+. The molecule has 0 aliphatic rings. The summed E-state index contributed by atoms with van der Waals surface area (Å²) >= 11 is 0. The number of hydrogen-bond donors (Lipinski definition) is 0. The molecule has 2 aromatic rings. The number of hydrogen-bond acceptors (Lipinski definition) is 2. The van der Waals surface area contributed by atoms with E-state index in [0.717, 1.165) is 5.56 Å². The van der Waals surface area contributed by atoms with Crippen LogP contribution in [0.3, 0.4) is 0 Å². The highest BCUT2D eigenvalue weighted by molar-refractivity contribution is 6.09. The van der Waals surface area contributed by atoms with E-state index in [1.807, 2.05) is 30.3 Å². The van der Waals surface area contributed by atoms with Gasteiger partial charge in [0.2, 0.25) is 0 Å². The van der Waals surface area contributed by atoms with Gasteiger partial charge in [0.25, 0.3) is 0 Å². The van der Waals surface area contributed by atoms with Crippen molar-refractivity contribution in [2.45, 2.75) is 6.92 Å². The molecule has 0 fully saturated rings. The quantitative estimate of drug-likeness (QED) is 0.614. The van der Waals surface area contributed by atoms with Crippen molar-refractivity contribution in [3.05, 3.63) is 77.4 Å². The van der Waals surface area contributed by atoms with Crippen LogP contribution in [-0.2, 0) is 4.79 Å². The van der Waals surface area contributed by atoms with Crippen molar-refractivity contribution in [2.75, 3.05) is 0 Å². The Morgan fingerprint density at radius 1 is 0.842 bits per heavy atom. The van der Waals surface area contributed by atoms with Crippen LogP contribution in [0.2, 0.25) is 0 Å². The average Bonchev–Trinajstić information content (AvgIpc) is 2.46. The van der Waals surface area contributed by atoms with Crippen LogP contribution in [0.1, 0.15) is 28.4 Å². The summed E-state index contributed by atoms with van der Waals surface area (Å²) in [5.41, 5.74) is 2.22. The molecule has 2 nitrogen and oxygen atoms in total. The first-order chi connectivity index (χ1) is 9.16. The Bertz CT molecular complexity index is 607. The second kappa shape index (κ2) is 5.91. The van der Waals surface area contributed by atoms with Crippen LogP contribution in [0.15, 0.2) is 60.7 Å². The van der Waals surface area contributed by atoms with Gasteiger partial charge in [-0.2, -0.15) is 0 Å². The Labute approximate surface area is 112 Å². The smallest absolute Gasteiger partial charge is 0.193 e. The number of ketones is 2. The fourth-order valence-corrected chi connectivity index (χ4v) is 1.72. The third-order valence-electron chi connectivity index (χ3n) is 2.72. The van der Waals surface area contributed by atoms with Gasteiger partial charge in [0, 0.05) is 11.1 Å². The van der Waals surface area contributed by atoms with Gasteiger partial charge in [-0.1, -0.05) is 60.7 Å². The minimum Gasteiger partial charge on any atom is -0.295 e. The van der Waals surface area contributed by atoms with Crippen molar-refractivity contribution in [1.82, 2.24) is 0 Å². The summed E-state index contributed by atoms with van der Waals surface area (Å²) < 4.78 is 0. The summed E-state index contributed by atoms with van der Waals surface area (Å²) in [5, 5.41) is 0. The van der Waals surface area contributed by atoms with Crippen molar-refractivity contribution in [3.8, 4) is 0 Å². The van der Waals surface area contributed by atoms with Gasteiger partial charge >= 0.3 is 0 Å². The molecule has 0 atom stereocenters. The Morgan fingerprint density at radius 3 is 2.00 bits per heavy atom. The van der Waals surface area contributed by atoms with E-state index in [2.05, 4.69) is 0 Å². The molecule has 0 aliphatic heterocycles. The predicted octanol–water partition coefficient (Wildman–Crippen LogP) is 3.52. The minimum atomic E-state index is 0.00250. The largest absolute Gasteiger partial charge is 0.295 e. The van der Waals surface area contributed by atoms with Crippen LogP contribution in [0.25, 0.3) is 6.08 Å². The SMILES string of the molecule is CC(=O)/C=C/c1ccc(C(=O)c2ccccc2)cc1. The fourth-order valence-electron chi connectivity index (χ4n) is 1.72. The van der Waals surface area contributed by atoms with E-state index in [9.17, 15) is 9.59 Å². The number of benzene rings is 2. The van der Waals surface area contributed by atoms with E-state index in [1.165, 1.54) is 13.0 Å². The molecule has 0 amide bonds. The number of carbonyl (C=O) groups excluding carboxylic acids is 2. The third kappa shape index (κ3) is 3.49. The number of allylic oxidation sites excluding steroid dienone is 1. The van der Waals surface area contributed by atoms with Crippen molar-refractivity contribution in [1.29, 1.82) is 0 Å². The Balaban J connectivity index is 2.19. The molecule has 0 saturated carbocycles. The summed E-state index contributed by atoms with van der Waals surface area (Å²) in [5.74, 6) is 0.00661. The van der Waals surface area contributed by atoms with Crippen LogP contribution in [0.5, 0.6) is 0 Å². The molecule has 0 aromatic heterocycles. The van der Waals surface area contributed by atoms with Crippen molar-refractivity contribution in [2.24, 2.45) is 0 Å². The highest BCUT2D eigenvalue weighted by Crippen LogP contribution is 2.11. The summed E-state index contributed by atoms with van der Waals surface area (Å²) in [6.45, 7) is 1.50. The zero-order chi connectivity index (χ0) is 13.7. The maximum atomic E-state index is 12.2. The van der Waals surface area contributed by atoms with Gasteiger partial charge in [0.05, 0.1) is 0 Å². The topological polar surface area (TPSA) is 34.1 Å². The van der Waals surface area contributed by atoms with Crippen LogP contribution in [-0.4, -0.2) is 11.6 Å². The van der Waals surface area contributed by atoms with E-state index < -0.39 is 0 Å². The van der Waals surface area contributed by atoms with Gasteiger partial charge in [0.15, 0.2) is 11.6 Å². The summed E-state index contributed by atoms with van der Waals surface area (Å²) in [6.07, 6.45) is 3.24. The Kier molecular flexibility index (Phi) is 4.04. The Morgan fingerprint density at radius 2 is 1.42 bits per heavy atom. The summed E-state index contributed by atoms with van der Waals surface area (Å²) in [4.78, 5) is 23.0. The molecule has 94 valence electrons. The molecule has 0 radical (unpaired) electrons. The molecule has 19 heavy (non-hydrogen) atoms. The number of rotatable bonds is 4. The minimum absolute atomic E-state index is 0.00250. The lowest BCUT2D eigenvalue weighted by molar-refractivity contribution is -0.112. The second-order valence-corrected chi connectivity index (χ2v) is 4.26. The van der Waals surface area contributed by atoms with E-state index in [0.29, 0.717) is 11.1 Å². The molecule has 0 spiro atoms. The molecule has 2 aromatic carbocycles. The van der Waals surface area contributed by atoms with Gasteiger partial charge in [-0.3, -0.25) is 9.59 Å². The number of carbonyl (C=O) groups is 2. The molecule has 0 N–H and O–H groups in total. The molecule has 0 unspecified atom stereocenters. The molecule has 2 heteroatoms. The molecule has 0 heterocycles. The lowest BCUT2D eigenvalue weighted by Gasteiger charge is -2.01. The van der Waals surface area contributed by atoms with E-state index in [1.54, 1.807) is 30.3 Å². The highest BCUT2D eigenvalue weighted by Gasteiger charge is 2.07. The first-order valence-corrected chi connectivity index (χ1v) is 6.05. The second-order valence-electron chi connectivity index (χ2n) is 4.26. The molecular formula is C17H14O2. The monoisotopic (exact) mass is 250 g/mol. The molecule has 0 bridgehead atoms. The summed E-state index contributed by atoms with van der Waals surface area (Å²) in [6, 6.07) is 16.4. The molecule has 0 saturated heterocycles. The lowest BCUT2D eigenvalue weighted by atomic mass is 10.0. The first kappa shape index (κ1) is 13.0. The predicted molar refractivity (Wildman–Crippen MR) is 76.0 cm³/mol. The normalized spacial score (nSPS) is 10.6. The van der Waals surface area contributed by atoms with Gasteiger partial charge < -0.3 is 0 Å². The van der Waals surface area contributed by atoms with Gasteiger partial charge in [0.1, 0.15) is 0 Å². The van der Waals surface area contributed by atoms with Crippen molar-refractivity contribution < 1.29 is 9.59 Å². The van der Waals surface area contributed by atoms with E-state index in [4.69, 9.17) is 0 Å². The maximum absolute atomic E-state index is 12.2. The third-order valence-corrected chi connectivity index (χ3v) is 2.72. The van der Waals surface area contributed by atoms with E-state index in [-0.39, 0.29) is 11.6 Å². The zero-order valence-electron chi connectivity index (χ0n) is 10.7. The van der Waals surface area contributed by atoms with Gasteiger partial charge in [-0.25, -0.2) is 0 Å². The van der Waals surface area contributed by atoms with Gasteiger partial charge in [-0.05, 0) is 18.6 Å².